The van der Waals surface area contributed by atoms with Gasteiger partial charge in [-0.25, -0.2) is 0 Å². The van der Waals surface area contributed by atoms with E-state index in [9.17, 15) is 19.8 Å². The van der Waals surface area contributed by atoms with Crippen molar-refractivity contribution in [3.8, 4) is 11.5 Å². The lowest BCUT2D eigenvalue weighted by Crippen LogP contribution is -2.41. The molecular weight excluding hydrogens is 625 g/mol. The number of aromatic hydroxyl groups is 2. The van der Waals surface area contributed by atoms with Crippen LogP contribution in [0.1, 0.15) is 61.3 Å². The van der Waals surface area contributed by atoms with E-state index in [2.05, 4.69) is 59.5 Å². The Morgan fingerprint density at radius 2 is 1.77 bits per heavy atom. The minimum absolute atomic E-state index is 0.0865. The van der Waals surface area contributed by atoms with Crippen molar-refractivity contribution in [2.75, 3.05) is 59.5 Å². The van der Waals surface area contributed by atoms with Crippen LogP contribution >= 0.6 is 11.3 Å². The van der Waals surface area contributed by atoms with Gasteiger partial charge in [-0.15, -0.1) is 0 Å². The van der Waals surface area contributed by atoms with Gasteiger partial charge < -0.3 is 35.1 Å². The second-order valence-electron chi connectivity index (χ2n) is 12.9. The van der Waals surface area contributed by atoms with Gasteiger partial charge in [-0.2, -0.15) is 0 Å². The molecule has 5 rings (SSSR count). The van der Waals surface area contributed by atoms with Crippen LogP contribution in [0.3, 0.4) is 0 Å². The first-order valence-electron chi connectivity index (χ1n) is 17.3. The number of H-pyrrole nitrogens is 1. The van der Waals surface area contributed by atoms with Gasteiger partial charge in [0, 0.05) is 30.6 Å². The standard InChI is InChI=1S/C38H50N4O5S/c1-3-4-21-42(24-20-39-19-14-29-11-13-33(44)35-36(29)48-37(46)40-35)34(45)16-26-47-25-15-28-10-12-32(43)31(27-28)38(17-22-41(2)23-18-38)30-8-6-5-7-9-30/h5-13,27,39,43-44H,3-4,14-26H2,1-2H3,(H,40,46). The number of benzene rings is 3. The third-order valence-electron chi connectivity index (χ3n) is 9.64. The number of likely N-dealkylation sites (tertiary alicyclic amines) is 1. The van der Waals surface area contributed by atoms with E-state index in [1.54, 1.807) is 6.07 Å². The van der Waals surface area contributed by atoms with Gasteiger partial charge in [-0.05, 0) is 87.6 Å². The third-order valence-corrected chi connectivity index (χ3v) is 10.6. The number of rotatable bonds is 17. The molecule has 1 saturated heterocycles. The molecule has 0 bridgehead atoms. The average Bonchev–Trinajstić information content (AvgIpc) is 3.50. The number of aromatic amines is 1. The molecular formula is C38H50N4O5S. The average molecular weight is 675 g/mol. The van der Waals surface area contributed by atoms with Crippen LogP contribution in [0, 0.1) is 0 Å². The van der Waals surface area contributed by atoms with E-state index in [0.717, 1.165) is 78.0 Å². The summed E-state index contributed by atoms with van der Waals surface area (Å²) in [6, 6.07) is 20.0. The lowest BCUT2D eigenvalue weighted by Gasteiger charge is -2.42. The highest BCUT2D eigenvalue weighted by atomic mass is 32.1. The molecule has 10 heteroatoms. The molecule has 1 aromatic heterocycles. The Morgan fingerprint density at radius 3 is 2.54 bits per heavy atom. The number of phenolic OH excluding ortho intramolecular Hbond substituents is 2. The zero-order valence-corrected chi connectivity index (χ0v) is 29.1. The van der Waals surface area contributed by atoms with Gasteiger partial charge in [-0.1, -0.05) is 73.2 Å². The molecule has 2 heterocycles. The topological polar surface area (TPSA) is 118 Å². The molecule has 0 saturated carbocycles. The number of amides is 1. The summed E-state index contributed by atoms with van der Waals surface area (Å²) in [6.07, 6.45) is 5.64. The Labute approximate surface area is 287 Å². The fourth-order valence-electron chi connectivity index (χ4n) is 6.74. The number of hydrogen-bond acceptors (Lipinski definition) is 8. The van der Waals surface area contributed by atoms with Gasteiger partial charge in [0.05, 0.1) is 24.3 Å². The maximum Gasteiger partial charge on any atom is 0.305 e. The summed E-state index contributed by atoms with van der Waals surface area (Å²) in [5.74, 6) is 0.530. The monoisotopic (exact) mass is 674 g/mol. The molecule has 1 fully saturated rings. The molecule has 3 aromatic carbocycles. The summed E-state index contributed by atoms with van der Waals surface area (Å²) in [7, 11) is 2.15. The molecule has 0 spiro atoms. The first kappa shape index (κ1) is 35.6. The highest BCUT2D eigenvalue weighted by Gasteiger charge is 2.39. The maximum absolute atomic E-state index is 13.1. The predicted molar refractivity (Wildman–Crippen MR) is 193 cm³/mol. The SMILES string of the molecule is CCCCN(CCNCCc1ccc(O)c2[nH]c(=O)sc12)C(=O)CCOCCc1ccc(O)c(C2(c3ccccc3)CCN(C)CC2)c1. The van der Waals surface area contributed by atoms with Crippen LogP contribution < -0.4 is 10.2 Å². The van der Waals surface area contributed by atoms with Crippen LogP contribution in [-0.4, -0.2) is 90.4 Å². The number of carbonyl (C=O) groups is 1. The van der Waals surface area contributed by atoms with Crippen LogP contribution in [-0.2, 0) is 27.8 Å². The molecule has 4 aromatic rings. The molecule has 9 nitrogen and oxygen atoms in total. The normalized spacial score (nSPS) is 14.8. The quantitative estimate of drug-likeness (QED) is 0.111. The minimum Gasteiger partial charge on any atom is -0.508 e. The van der Waals surface area contributed by atoms with E-state index in [1.807, 2.05) is 29.2 Å². The molecule has 1 aliphatic heterocycles. The van der Waals surface area contributed by atoms with Gasteiger partial charge in [-0.3, -0.25) is 9.59 Å². The Hall–Kier alpha value is -3.70. The van der Waals surface area contributed by atoms with Crippen molar-refractivity contribution in [3.05, 3.63) is 92.6 Å². The van der Waals surface area contributed by atoms with Gasteiger partial charge in [0.25, 0.3) is 0 Å². The molecule has 1 amide bonds. The molecule has 0 unspecified atom stereocenters. The van der Waals surface area contributed by atoms with Crippen molar-refractivity contribution in [1.82, 2.24) is 20.1 Å². The third kappa shape index (κ3) is 8.85. The Morgan fingerprint density at radius 1 is 1.00 bits per heavy atom. The van der Waals surface area contributed by atoms with E-state index in [4.69, 9.17) is 4.74 Å². The maximum atomic E-state index is 13.1. The van der Waals surface area contributed by atoms with Crippen molar-refractivity contribution in [2.45, 2.75) is 57.3 Å². The Kier molecular flexibility index (Phi) is 12.7. The lowest BCUT2D eigenvalue weighted by molar-refractivity contribution is -0.132. The smallest absolute Gasteiger partial charge is 0.305 e. The summed E-state index contributed by atoms with van der Waals surface area (Å²) in [5, 5.41) is 24.5. The van der Waals surface area contributed by atoms with Crippen LogP contribution in [0.25, 0.3) is 10.2 Å². The van der Waals surface area contributed by atoms with Crippen molar-refractivity contribution in [2.24, 2.45) is 0 Å². The second kappa shape index (κ2) is 17.1. The van der Waals surface area contributed by atoms with Gasteiger partial charge in [0.15, 0.2) is 0 Å². The van der Waals surface area contributed by atoms with Crippen molar-refractivity contribution in [1.29, 1.82) is 0 Å². The molecule has 0 atom stereocenters. The van der Waals surface area contributed by atoms with E-state index in [-0.39, 0.29) is 21.9 Å². The highest BCUT2D eigenvalue weighted by Crippen LogP contribution is 2.45. The molecule has 0 aliphatic carbocycles. The molecule has 4 N–H and O–H groups in total. The number of fused-ring (bicyclic) bond motifs is 1. The fourth-order valence-corrected chi connectivity index (χ4v) is 7.64. The summed E-state index contributed by atoms with van der Waals surface area (Å²) in [5.41, 5.74) is 4.65. The number of unbranched alkanes of at least 4 members (excludes halogenated alkanes) is 1. The number of ether oxygens (including phenoxy) is 1. The number of nitrogens with zero attached hydrogens (tertiary/aromatic N) is 2. The van der Waals surface area contributed by atoms with Gasteiger partial charge >= 0.3 is 4.87 Å². The number of hydrogen-bond donors (Lipinski definition) is 4. The Balaban J connectivity index is 1.08. The van der Waals surface area contributed by atoms with Crippen LogP contribution in [0.5, 0.6) is 11.5 Å². The molecule has 258 valence electrons. The summed E-state index contributed by atoms with van der Waals surface area (Å²) in [4.78, 5) is 31.7. The predicted octanol–water partition coefficient (Wildman–Crippen LogP) is 5.42. The first-order chi connectivity index (χ1) is 23.3. The minimum atomic E-state index is -0.222. The molecule has 1 aliphatic rings. The first-order valence-corrected chi connectivity index (χ1v) is 18.1. The zero-order chi connectivity index (χ0) is 33.9. The van der Waals surface area contributed by atoms with Gasteiger partial charge in [0.1, 0.15) is 17.0 Å². The highest BCUT2D eigenvalue weighted by molar-refractivity contribution is 7.16. The number of aromatic nitrogens is 1. The van der Waals surface area contributed by atoms with Crippen molar-refractivity contribution >= 4 is 27.5 Å². The number of carbonyl (C=O) groups excluding carboxylic acids is 1. The second-order valence-corrected chi connectivity index (χ2v) is 13.9. The van der Waals surface area contributed by atoms with Crippen molar-refractivity contribution in [3.63, 3.8) is 0 Å². The van der Waals surface area contributed by atoms with Gasteiger partial charge in [0.2, 0.25) is 5.91 Å². The number of nitrogens with one attached hydrogen (secondary N) is 2. The Bertz CT molecular complexity index is 1680. The van der Waals surface area contributed by atoms with Crippen molar-refractivity contribution < 1.29 is 19.7 Å². The van der Waals surface area contributed by atoms with Crippen LogP contribution in [0.2, 0.25) is 0 Å². The molecule has 0 radical (unpaired) electrons. The van der Waals surface area contributed by atoms with Crippen LogP contribution in [0.4, 0.5) is 0 Å². The van der Waals surface area contributed by atoms with E-state index < -0.39 is 0 Å². The summed E-state index contributed by atoms with van der Waals surface area (Å²) in [6.45, 7) is 7.68. The summed E-state index contributed by atoms with van der Waals surface area (Å²) < 4.78 is 6.76. The number of piperidine rings is 1. The largest absolute Gasteiger partial charge is 0.508 e. The fraction of sp³-hybridized carbons (Fsp3) is 0.474. The zero-order valence-electron chi connectivity index (χ0n) is 28.3. The lowest BCUT2D eigenvalue weighted by atomic mass is 9.67. The van der Waals surface area contributed by atoms with E-state index in [0.29, 0.717) is 63.4 Å². The van der Waals surface area contributed by atoms with Crippen LogP contribution in [0.15, 0.2) is 65.5 Å². The van der Waals surface area contributed by atoms with E-state index >= 15 is 0 Å². The molecule has 48 heavy (non-hydrogen) atoms. The number of thiazole rings is 1. The number of phenols is 2. The summed E-state index contributed by atoms with van der Waals surface area (Å²) >= 11 is 1.11. The van der Waals surface area contributed by atoms with E-state index in [1.165, 1.54) is 5.56 Å².